The van der Waals surface area contributed by atoms with Gasteiger partial charge in [0, 0.05) is 0 Å². The summed E-state index contributed by atoms with van der Waals surface area (Å²) in [6.45, 7) is 1.24. The van der Waals surface area contributed by atoms with Crippen molar-refractivity contribution in [3.8, 4) is 0 Å². The van der Waals surface area contributed by atoms with Gasteiger partial charge in [0.15, 0.2) is 0 Å². The van der Waals surface area contributed by atoms with E-state index in [0.29, 0.717) is 0 Å². The fourth-order valence-corrected chi connectivity index (χ4v) is 1.57. The third-order valence-electron chi connectivity index (χ3n) is 1.38. The SMILES string of the molecule is [SeH]CC1CCCN1. The molecule has 1 aliphatic heterocycles. The summed E-state index contributed by atoms with van der Waals surface area (Å²) in [6.07, 6.45) is 2.76. The van der Waals surface area contributed by atoms with Crippen molar-refractivity contribution >= 4 is 16.0 Å². The van der Waals surface area contributed by atoms with Gasteiger partial charge in [0.1, 0.15) is 0 Å². The van der Waals surface area contributed by atoms with Crippen LogP contribution in [0.3, 0.4) is 0 Å². The van der Waals surface area contributed by atoms with E-state index in [2.05, 4.69) is 21.3 Å². The summed E-state index contributed by atoms with van der Waals surface area (Å²) >= 11 is 2.63. The van der Waals surface area contributed by atoms with Crippen LogP contribution in [0.5, 0.6) is 0 Å². The molecule has 1 rings (SSSR count). The van der Waals surface area contributed by atoms with Gasteiger partial charge in [-0.05, 0) is 0 Å². The summed E-state index contributed by atoms with van der Waals surface area (Å²) in [5, 5.41) is 4.63. The Bertz CT molecular complexity index is 50.0. The van der Waals surface area contributed by atoms with Gasteiger partial charge < -0.3 is 0 Å². The van der Waals surface area contributed by atoms with Crippen LogP contribution in [0.2, 0.25) is 5.32 Å². The Kier molecular flexibility index (Phi) is 2.17. The third kappa shape index (κ3) is 1.45. The number of rotatable bonds is 1. The van der Waals surface area contributed by atoms with Crippen LogP contribution in [0.4, 0.5) is 0 Å². The van der Waals surface area contributed by atoms with Gasteiger partial charge >= 0.3 is 52.1 Å². The topological polar surface area (TPSA) is 12.0 Å². The van der Waals surface area contributed by atoms with Crippen molar-refractivity contribution in [1.29, 1.82) is 0 Å². The summed E-state index contributed by atoms with van der Waals surface area (Å²) < 4.78 is 0. The van der Waals surface area contributed by atoms with Crippen LogP contribution in [-0.2, 0) is 0 Å². The number of nitrogens with one attached hydrogen (secondary N) is 1. The average Bonchev–Trinajstić information content (AvgIpc) is 2.14. The fourth-order valence-electron chi connectivity index (χ4n) is 0.913. The van der Waals surface area contributed by atoms with Gasteiger partial charge in [-0.1, -0.05) is 0 Å². The molecule has 1 N–H and O–H groups in total. The summed E-state index contributed by atoms with van der Waals surface area (Å²) in [5.74, 6) is 0. The molecule has 1 heterocycles. The van der Waals surface area contributed by atoms with E-state index in [0.717, 1.165) is 6.04 Å². The Morgan fingerprint density at radius 2 is 2.57 bits per heavy atom. The molecule has 42 valence electrons. The normalized spacial score (nSPS) is 31.3. The summed E-state index contributed by atoms with van der Waals surface area (Å²) in [7, 11) is 0. The van der Waals surface area contributed by atoms with Crippen LogP contribution in [0.1, 0.15) is 12.8 Å². The monoisotopic (exact) mass is 165 g/mol. The van der Waals surface area contributed by atoms with Crippen LogP contribution in [-0.4, -0.2) is 28.6 Å². The van der Waals surface area contributed by atoms with Crippen LogP contribution < -0.4 is 5.32 Å². The van der Waals surface area contributed by atoms with E-state index in [-0.39, 0.29) is 0 Å². The Morgan fingerprint density at radius 1 is 1.71 bits per heavy atom. The molecule has 0 spiro atoms. The molecule has 1 unspecified atom stereocenters. The zero-order valence-electron chi connectivity index (χ0n) is 4.35. The second-order valence-electron chi connectivity index (χ2n) is 1.98. The maximum absolute atomic E-state index is 3.39. The van der Waals surface area contributed by atoms with Crippen molar-refractivity contribution in [2.24, 2.45) is 0 Å². The van der Waals surface area contributed by atoms with Crippen LogP contribution in [0.15, 0.2) is 0 Å². The minimum absolute atomic E-state index is 0.819. The molecular weight excluding hydrogens is 153 g/mol. The van der Waals surface area contributed by atoms with Crippen molar-refractivity contribution in [3.05, 3.63) is 0 Å². The zero-order chi connectivity index (χ0) is 5.11. The van der Waals surface area contributed by atoms with Gasteiger partial charge in [0.05, 0.1) is 0 Å². The number of hydrogen-bond donors (Lipinski definition) is 1. The molecule has 0 saturated carbocycles. The Balaban J connectivity index is 2.14. The van der Waals surface area contributed by atoms with Crippen molar-refractivity contribution in [1.82, 2.24) is 5.32 Å². The molecule has 1 fully saturated rings. The second kappa shape index (κ2) is 2.71. The zero-order valence-corrected chi connectivity index (χ0v) is 6.23. The van der Waals surface area contributed by atoms with Gasteiger partial charge in [0.2, 0.25) is 0 Å². The molecule has 1 saturated heterocycles. The first-order valence-electron chi connectivity index (χ1n) is 2.77. The summed E-state index contributed by atoms with van der Waals surface area (Å²) in [5.41, 5.74) is 0. The predicted molar refractivity (Wildman–Crippen MR) is 33.0 cm³/mol. The molecule has 0 aliphatic carbocycles. The van der Waals surface area contributed by atoms with Crippen LogP contribution in [0.25, 0.3) is 0 Å². The van der Waals surface area contributed by atoms with Gasteiger partial charge in [0.25, 0.3) is 0 Å². The quantitative estimate of drug-likeness (QED) is 0.540. The standard InChI is InChI=1S/C5H11NSe/c7-4-5-2-1-3-6-5/h5-7H,1-4H2. The van der Waals surface area contributed by atoms with Crippen molar-refractivity contribution in [3.63, 3.8) is 0 Å². The number of hydrogen-bond acceptors (Lipinski definition) is 1. The predicted octanol–water partition coefficient (Wildman–Crippen LogP) is 0.0575. The molecule has 1 nitrogen and oxygen atoms in total. The summed E-state index contributed by atoms with van der Waals surface area (Å²) in [6, 6.07) is 0.819. The van der Waals surface area contributed by atoms with E-state index >= 15 is 0 Å². The van der Waals surface area contributed by atoms with E-state index in [1.807, 2.05) is 0 Å². The molecule has 1 aliphatic rings. The molecule has 0 aromatic carbocycles. The van der Waals surface area contributed by atoms with E-state index in [9.17, 15) is 0 Å². The van der Waals surface area contributed by atoms with Gasteiger partial charge in [-0.15, -0.1) is 0 Å². The van der Waals surface area contributed by atoms with E-state index in [1.54, 1.807) is 0 Å². The average molecular weight is 164 g/mol. The molecule has 0 amide bonds. The minimum atomic E-state index is 0.819. The molecule has 7 heavy (non-hydrogen) atoms. The molecule has 0 bridgehead atoms. The van der Waals surface area contributed by atoms with E-state index in [1.165, 1.54) is 24.7 Å². The fraction of sp³-hybridized carbons (Fsp3) is 1.00. The maximum atomic E-state index is 3.39. The molecule has 0 aromatic rings. The van der Waals surface area contributed by atoms with Crippen molar-refractivity contribution < 1.29 is 0 Å². The van der Waals surface area contributed by atoms with Crippen molar-refractivity contribution in [2.45, 2.75) is 24.2 Å². The second-order valence-corrected chi connectivity index (χ2v) is 2.74. The molecule has 2 heteroatoms. The first-order chi connectivity index (χ1) is 3.43. The van der Waals surface area contributed by atoms with E-state index in [4.69, 9.17) is 0 Å². The van der Waals surface area contributed by atoms with Gasteiger partial charge in [-0.25, -0.2) is 0 Å². The van der Waals surface area contributed by atoms with Crippen LogP contribution >= 0.6 is 0 Å². The van der Waals surface area contributed by atoms with E-state index < -0.39 is 0 Å². The summed E-state index contributed by atoms with van der Waals surface area (Å²) in [4.78, 5) is 0. The molecule has 0 radical (unpaired) electrons. The molecule has 1 atom stereocenters. The van der Waals surface area contributed by atoms with Gasteiger partial charge in [-0.2, -0.15) is 0 Å². The Labute approximate surface area is 52.7 Å². The van der Waals surface area contributed by atoms with Crippen LogP contribution in [0, 0.1) is 0 Å². The Morgan fingerprint density at radius 3 is 2.86 bits per heavy atom. The van der Waals surface area contributed by atoms with Gasteiger partial charge in [-0.3, -0.25) is 0 Å². The first kappa shape index (κ1) is 5.61. The molecular formula is C5H11NSe. The Hall–Kier alpha value is 0.479. The van der Waals surface area contributed by atoms with Crippen molar-refractivity contribution in [2.75, 3.05) is 6.54 Å². The third-order valence-corrected chi connectivity index (χ3v) is 2.31. The molecule has 0 aromatic heterocycles. The first-order valence-corrected chi connectivity index (χ1v) is 4.10.